The Morgan fingerprint density at radius 1 is 1.46 bits per heavy atom. The average Bonchev–Trinajstić information content (AvgIpc) is 2.93. The number of thioether (sulfide) groups is 1. The van der Waals surface area contributed by atoms with Crippen molar-refractivity contribution in [1.29, 1.82) is 5.26 Å². The van der Waals surface area contributed by atoms with Crippen molar-refractivity contribution >= 4 is 40.9 Å². The summed E-state index contributed by atoms with van der Waals surface area (Å²) < 4.78 is 1.26. The van der Waals surface area contributed by atoms with Crippen LogP contribution in [-0.4, -0.2) is 32.1 Å². The molecule has 138 valence electrons. The number of nitriles is 1. The number of aromatic nitrogens is 3. The van der Waals surface area contributed by atoms with Crippen LogP contribution in [0.1, 0.15) is 20.8 Å². The molecule has 10 heteroatoms. The summed E-state index contributed by atoms with van der Waals surface area (Å²) in [5.74, 6) is 6.12. The number of rotatable bonds is 6. The highest BCUT2D eigenvalue weighted by Crippen LogP contribution is 2.30. The SMILES string of the molecule is CC(C)[C@@](C)(C#N)NC(=O)CSc1nnc(-c2ccc(Cl)cc2Cl)n1N. The summed E-state index contributed by atoms with van der Waals surface area (Å²) in [6.07, 6.45) is 0. The van der Waals surface area contributed by atoms with Gasteiger partial charge in [0.05, 0.1) is 16.8 Å². The van der Waals surface area contributed by atoms with Crippen LogP contribution in [0.5, 0.6) is 0 Å². The van der Waals surface area contributed by atoms with Crippen LogP contribution in [0.3, 0.4) is 0 Å². The van der Waals surface area contributed by atoms with E-state index in [0.717, 1.165) is 11.8 Å². The van der Waals surface area contributed by atoms with E-state index in [1.165, 1.54) is 4.68 Å². The van der Waals surface area contributed by atoms with Gasteiger partial charge < -0.3 is 11.2 Å². The lowest BCUT2D eigenvalue weighted by atomic mass is 9.90. The molecule has 2 rings (SSSR count). The topological polar surface area (TPSA) is 110 Å². The van der Waals surface area contributed by atoms with E-state index >= 15 is 0 Å². The third-order valence-electron chi connectivity index (χ3n) is 3.95. The number of carbonyl (C=O) groups excluding carboxylic acids is 1. The number of halogens is 2. The highest BCUT2D eigenvalue weighted by atomic mass is 35.5. The second-order valence-electron chi connectivity index (χ2n) is 6.11. The molecule has 1 amide bonds. The molecule has 0 aliphatic carbocycles. The van der Waals surface area contributed by atoms with Crippen LogP contribution >= 0.6 is 35.0 Å². The van der Waals surface area contributed by atoms with Crippen LogP contribution in [0, 0.1) is 17.2 Å². The quantitative estimate of drug-likeness (QED) is 0.556. The molecule has 0 spiro atoms. The van der Waals surface area contributed by atoms with Gasteiger partial charge in [0.25, 0.3) is 0 Å². The minimum atomic E-state index is -0.935. The van der Waals surface area contributed by atoms with E-state index in [1.54, 1.807) is 25.1 Å². The highest BCUT2D eigenvalue weighted by Gasteiger charge is 2.30. The molecular weight excluding hydrogens is 395 g/mol. The first-order chi connectivity index (χ1) is 12.2. The number of nitrogen functional groups attached to an aromatic ring is 1. The summed E-state index contributed by atoms with van der Waals surface area (Å²) in [4.78, 5) is 12.2. The fourth-order valence-electron chi connectivity index (χ4n) is 1.99. The van der Waals surface area contributed by atoms with Gasteiger partial charge in [-0.3, -0.25) is 4.79 Å². The van der Waals surface area contributed by atoms with E-state index in [1.807, 2.05) is 13.8 Å². The van der Waals surface area contributed by atoms with Crippen molar-refractivity contribution in [3.05, 3.63) is 28.2 Å². The molecule has 1 atom stereocenters. The van der Waals surface area contributed by atoms with Crippen molar-refractivity contribution in [2.45, 2.75) is 31.5 Å². The summed E-state index contributed by atoms with van der Waals surface area (Å²) in [7, 11) is 0. The van der Waals surface area contributed by atoms with Gasteiger partial charge in [-0.2, -0.15) is 5.26 Å². The van der Waals surface area contributed by atoms with E-state index in [4.69, 9.17) is 29.0 Å². The van der Waals surface area contributed by atoms with Gasteiger partial charge in [0.1, 0.15) is 5.54 Å². The molecule has 0 bridgehead atoms. The number of benzene rings is 1. The first kappa shape index (κ1) is 20.4. The Morgan fingerprint density at radius 2 is 2.15 bits per heavy atom. The second-order valence-corrected chi connectivity index (χ2v) is 7.89. The Kier molecular flexibility index (Phi) is 6.39. The largest absolute Gasteiger partial charge is 0.337 e. The first-order valence-electron chi connectivity index (χ1n) is 7.69. The molecule has 3 N–H and O–H groups in total. The van der Waals surface area contributed by atoms with Crippen molar-refractivity contribution in [3.8, 4) is 17.5 Å². The second kappa shape index (κ2) is 8.16. The van der Waals surface area contributed by atoms with E-state index in [9.17, 15) is 10.1 Å². The number of hydrogen-bond acceptors (Lipinski definition) is 6. The zero-order valence-corrected chi connectivity index (χ0v) is 16.8. The lowest BCUT2D eigenvalue weighted by molar-refractivity contribution is -0.120. The van der Waals surface area contributed by atoms with Gasteiger partial charge in [-0.1, -0.05) is 48.8 Å². The molecule has 0 unspecified atom stereocenters. The maximum atomic E-state index is 12.2. The number of nitrogens with one attached hydrogen (secondary N) is 1. The molecule has 1 heterocycles. The van der Waals surface area contributed by atoms with E-state index in [0.29, 0.717) is 26.6 Å². The third kappa shape index (κ3) is 4.41. The van der Waals surface area contributed by atoms with E-state index in [2.05, 4.69) is 21.6 Å². The lowest BCUT2D eigenvalue weighted by Crippen LogP contribution is -2.49. The molecule has 1 aromatic carbocycles. The summed E-state index contributed by atoms with van der Waals surface area (Å²) >= 11 is 13.2. The summed E-state index contributed by atoms with van der Waals surface area (Å²) in [5, 5.41) is 21.3. The van der Waals surface area contributed by atoms with Crippen molar-refractivity contribution < 1.29 is 4.79 Å². The molecule has 1 aromatic heterocycles. The van der Waals surface area contributed by atoms with Crippen LogP contribution in [0.25, 0.3) is 11.4 Å². The maximum Gasteiger partial charge on any atom is 0.231 e. The fourth-order valence-corrected chi connectivity index (χ4v) is 3.14. The molecule has 0 aliphatic heterocycles. The lowest BCUT2D eigenvalue weighted by Gasteiger charge is -2.27. The minimum Gasteiger partial charge on any atom is -0.337 e. The molecular formula is C16H18Cl2N6OS. The summed E-state index contributed by atoms with van der Waals surface area (Å²) in [6.45, 7) is 5.43. The van der Waals surface area contributed by atoms with Gasteiger partial charge in [0.2, 0.25) is 11.1 Å². The molecule has 7 nitrogen and oxygen atoms in total. The molecule has 0 fully saturated rings. The van der Waals surface area contributed by atoms with Crippen LogP contribution in [0.2, 0.25) is 10.0 Å². The molecule has 0 aliphatic rings. The number of nitrogens with zero attached hydrogens (tertiary/aromatic N) is 4. The molecule has 26 heavy (non-hydrogen) atoms. The Morgan fingerprint density at radius 3 is 2.73 bits per heavy atom. The first-order valence-corrected chi connectivity index (χ1v) is 9.43. The van der Waals surface area contributed by atoms with Crippen LogP contribution in [0.15, 0.2) is 23.4 Å². The van der Waals surface area contributed by atoms with E-state index in [-0.39, 0.29) is 17.6 Å². The summed E-state index contributed by atoms with van der Waals surface area (Å²) in [5.41, 5.74) is -0.352. The molecule has 0 saturated carbocycles. The predicted molar refractivity (Wildman–Crippen MR) is 103 cm³/mol. The van der Waals surface area contributed by atoms with Crippen molar-refractivity contribution in [3.63, 3.8) is 0 Å². The van der Waals surface area contributed by atoms with Crippen LogP contribution in [-0.2, 0) is 4.79 Å². The van der Waals surface area contributed by atoms with Crippen molar-refractivity contribution in [1.82, 2.24) is 20.2 Å². The van der Waals surface area contributed by atoms with Gasteiger partial charge >= 0.3 is 0 Å². The van der Waals surface area contributed by atoms with Gasteiger partial charge in [-0.15, -0.1) is 10.2 Å². The fraction of sp³-hybridized carbons (Fsp3) is 0.375. The minimum absolute atomic E-state index is 0.0294. The van der Waals surface area contributed by atoms with Crippen LogP contribution in [0.4, 0.5) is 0 Å². The number of nitrogens with two attached hydrogens (primary N) is 1. The molecule has 2 aromatic rings. The number of amides is 1. The summed E-state index contributed by atoms with van der Waals surface area (Å²) in [6, 6.07) is 7.08. The van der Waals surface area contributed by atoms with Gasteiger partial charge in [0, 0.05) is 10.6 Å². The Hall–Kier alpha value is -1.95. The molecule has 0 radical (unpaired) electrons. The normalized spacial score (nSPS) is 13.3. The third-order valence-corrected chi connectivity index (χ3v) is 5.45. The Balaban J connectivity index is 2.09. The Bertz CT molecular complexity index is 863. The molecule has 0 saturated heterocycles. The van der Waals surface area contributed by atoms with Gasteiger partial charge in [-0.25, -0.2) is 4.68 Å². The van der Waals surface area contributed by atoms with Gasteiger partial charge in [0.15, 0.2) is 5.82 Å². The predicted octanol–water partition coefficient (Wildman–Crippen LogP) is 3.11. The monoisotopic (exact) mass is 412 g/mol. The van der Waals surface area contributed by atoms with Crippen LogP contribution < -0.4 is 11.2 Å². The van der Waals surface area contributed by atoms with E-state index < -0.39 is 5.54 Å². The van der Waals surface area contributed by atoms with Crippen molar-refractivity contribution in [2.75, 3.05) is 11.6 Å². The zero-order chi connectivity index (χ0) is 19.5. The van der Waals surface area contributed by atoms with Crippen molar-refractivity contribution in [2.24, 2.45) is 5.92 Å². The highest BCUT2D eigenvalue weighted by molar-refractivity contribution is 7.99. The van der Waals surface area contributed by atoms with Gasteiger partial charge in [-0.05, 0) is 31.0 Å². The standard InChI is InChI=1S/C16H18Cl2N6OS/c1-9(2)16(3,8-19)21-13(25)7-26-15-23-22-14(24(15)20)11-5-4-10(17)6-12(11)18/h4-6,9H,7,20H2,1-3H3,(H,21,25)/t16-/m1/s1. The smallest absolute Gasteiger partial charge is 0.231 e. The number of carbonyl (C=O) groups is 1. The average molecular weight is 413 g/mol. The Labute approximate surface area is 165 Å². The zero-order valence-electron chi connectivity index (χ0n) is 14.5. The maximum absolute atomic E-state index is 12.2. The number of hydrogen-bond donors (Lipinski definition) is 2.